The summed E-state index contributed by atoms with van der Waals surface area (Å²) in [5, 5.41) is 17.3. The number of benzene rings is 1. The number of unbranched alkanes of at least 4 members (excludes halogenated alkanes) is 1. The van der Waals surface area contributed by atoms with Gasteiger partial charge in [0.25, 0.3) is 11.8 Å². The van der Waals surface area contributed by atoms with Crippen LogP contribution in [-0.4, -0.2) is 124 Å². The van der Waals surface area contributed by atoms with Crippen LogP contribution in [0, 0.1) is 6.92 Å². The molecular formula is C36H50N6O8. The Bertz CT molecular complexity index is 1580. The Morgan fingerprint density at radius 1 is 1.00 bits per heavy atom. The van der Waals surface area contributed by atoms with Crippen molar-refractivity contribution in [3.63, 3.8) is 0 Å². The summed E-state index contributed by atoms with van der Waals surface area (Å²) >= 11 is 0. The number of aliphatic hydroxyl groups is 1. The first-order valence-corrected chi connectivity index (χ1v) is 17.7. The van der Waals surface area contributed by atoms with Crippen LogP contribution in [0.25, 0.3) is 10.9 Å². The van der Waals surface area contributed by atoms with Gasteiger partial charge in [-0.25, -0.2) is 9.78 Å². The molecule has 0 radical (unpaired) electrons. The molecule has 0 spiro atoms. The molecule has 0 bridgehead atoms. The Kier molecular flexibility index (Phi) is 11.8. The molecule has 3 heterocycles. The smallest absolute Gasteiger partial charge is 0.409 e. The minimum Gasteiger partial charge on any atom is -0.483 e. The van der Waals surface area contributed by atoms with E-state index >= 15 is 0 Å². The molecule has 1 aromatic heterocycles. The van der Waals surface area contributed by atoms with Gasteiger partial charge in [-0.3, -0.25) is 19.2 Å². The van der Waals surface area contributed by atoms with Gasteiger partial charge in [-0.05, 0) is 77.0 Å². The molecule has 5 rings (SSSR count). The molecule has 1 aromatic carbocycles. The number of aryl methyl sites for hydroxylation is 1. The third kappa shape index (κ3) is 8.82. The van der Waals surface area contributed by atoms with Gasteiger partial charge in [0.05, 0.1) is 17.7 Å². The van der Waals surface area contributed by atoms with Crippen LogP contribution in [0.5, 0.6) is 5.75 Å². The van der Waals surface area contributed by atoms with E-state index in [1.165, 1.54) is 24.8 Å². The molecule has 2 aromatic rings. The van der Waals surface area contributed by atoms with Crippen molar-refractivity contribution in [3.8, 4) is 5.75 Å². The summed E-state index contributed by atoms with van der Waals surface area (Å²) in [5.41, 5.74) is -0.363. The Morgan fingerprint density at radius 3 is 2.38 bits per heavy atom. The normalized spacial score (nSPS) is 18.7. The molecule has 3 N–H and O–H groups in total. The van der Waals surface area contributed by atoms with E-state index in [9.17, 15) is 29.1 Å². The van der Waals surface area contributed by atoms with Gasteiger partial charge in [-0.2, -0.15) is 0 Å². The number of fused-ring (bicyclic) bond motifs is 1. The zero-order valence-electron chi connectivity index (χ0n) is 29.5. The first-order valence-electron chi connectivity index (χ1n) is 17.7. The van der Waals surface area contributed by atoms with Crippen LogP contribution in [0.1, 0.15) is 81.8 Å². The van der Waals surface area contributed by atoms with Crippen LogP contribution in [-0.2, 0) is 19.1 Å². The summed E-state index contributed by atoms with van der Waals surface area (Å²) in [6.07, 6.45) is 5.57. The van der Waals surface area contributed by atoms with E-state index < -0.39 is 35.6 Å². The maximum absolute atomic E-state index is 13.7. The van der Waals surface area contributed by atoms with Crippen LogP contribution in [0.3, 0.4) is 0 Å². The molecule has 2 atom stereocenters. The first-order chi connectivity index (χ1) is 23.8. The maximum atomic E-state index is 13.7. The van der Waals surface area contributed by atoms with E-state index in [1.807, 2.05) is 19.9 Å². The number of ether oxygens (including phenoxy) is 2. The summed E-state index contributed by atoms with van der Waals surface area (Å²) in [7, 11) is 0. The number of hydrogen-bond acceptors (Lipinski definition) is 9. The van der Waals surface area contributed by atoms with Crippen molar-refractivity contribution in [2.45, 2.75) is 96.4 Å². The molecule has 3 fully saturated rings. The number of aromatic nitrogens is 1. The van der Waals surface area contributed by atoms with Gasteiger partial charge in [-0.15, -0.1) is 0 Å². The molecule has 50 heavy (non-hydrogen) atoms. The van der Waals surface area contributed by atoms with E-state index in [4.69, 9.17) is 9.47 Å². The Labute approximate surface area is 292 Å². The number of amides is 5. The standard InChI is InChI=1S/C36H50N6O8/c1-5-6-19-49-35(47)41-17-15-40(16-18-41)34(46)31(36(3,4)48)39-32(44)27-21-29(25-13-12-23(2)20-26(25)38-27)50-22-30(43)42-14-8-11-28(42)33(45)37-24-9-7-10-24/h12-13,20-21,24,28,31,48H,5-11,14-19,22H2,1-4H3,(H,37,45)(H,39,44)/t28-,31+/m0/s1. The number of piperazine rings is 1. The molecular weight excluding hydrogens is 644 g/mol. The second kappa shape index (κ2) is 16.0. The largest absolute Gasteiger partial charge is 0.483 e. The molecule has 14 nitrogen and oxygen atoms in total. The van der Waals surface area contributed by atoms with Gasteiger partial charge < -0.3 is 39.9 Å². The van der Waals surface area contributed by atoms with Crippen molar-refractivity contribution in [2.24, 2.45) is 0 Å². The Hall–Kier alpha value is -4.46. The number of rotatable bonds is 12. The highest BCUT2D eigenvalue weighted by Crippen LogP contribution is 2.28. The fourth-order valence-electron chi connectivity index (χ4n) is 6.39. The molecule has 2 aliphatic heterocycles. The lowest BCUT2D eigenvalue weighted by atomic mass is 9.93. The van der Waals surface area contributed by atoms with Gasteiger partial charge in [-0.1, -0.05) is 19.4 Å². The van der Waals surface area contributed by atoms with Crippen molar-refractivity contribution < 1.29 is 38.6 Å². The van der Waals surface area contributed by atoms with Crippen LogP contribution in [0.2, 0.25) is 0 Å². The third-order valence-electron chi connectivity index (χ3n) is 9.64. The second-order valence-corrected chi connectivity index (χ2v) is 14.0. The Balaban J connectivity index is 1.27. The van der Waals surface area contributed by atoms with E-state index in [-0.39, 0.29) is 62.1 Å². The maximum Gasteiger partial charge on any atom is 0.409 e. The minimum absolute atomic E-state index is 0.0637. The van der Waals surface area contributed by atoms with E-state index in [1.54, 1.807) is 21.9 Å². The number of likely N-dealkylation sites (tertiary alicyclic amines) is 1. The van der Waals surface area contributed by atoms with Crippen molar-refractivity contribution >= 4 is 40.6 Å². The van der Waals surface area contributed by atoms with Gasteiger partial charge in [0.15, 0.2) is 6.61 Å². The van der Waals surface area contributed by atoms with E-state index in [2.05, 4.69) is 15.6 Å². The third-order valence-corrected chi connectivity index (χ3v) is 9.64. The van der Waals surface area contributed by atoms with Gasteiger partial charge in [0, 0.05) is 50.2 Å². The molecule has 272 valence electrons. The van der Waals surface area contributed by atoms with Gasteiger partial charge in [0.1, 0.15) is 23.5 Å². The number of nitrogens with zero attached hydrogens (tertiary/aromatic N) is 4. The topological polar surface area (TPSA) is 171 Å². The average molecular weight is 695 g/mol. The summed E-state index contributed by atoms with van der Waals surface area (Å²) in [4.78, 5) is 75.2. The van der Waals surface area contributed by atoms with Crippen LogP contribution in [0.4, 0.5) is 4.79 Å². The number of carbonyl (C=O) groups is 5. The quantitative estimate of drug-likeness (QED) is 0.283. The van der Waals surface area contributed by atoms with Gasteiger partial charge >= 0.3 is 6.09 Å². The monoisotopic (exact) mass is 694 g/mol. The van der Waals surface area contributed by atoms with Crippen LogP contribution >= 0.6 is 0 Å². The SMILES string of the molecule is CCCCOC(=O)N1CCN(C(=O)[C@@H](NC(=O)c2cc(OCC(=O)N3CCC[C@H]3C(=O)NC3CCC3)c3ccc(C)cc3n2)C(C)(C)O)CC1. The van der Waals surface area contributed by atoms with Crippen molar-refractivity contribution in [3.05, 3.63) is 35.5 Å². The lowest BCUT2D eigenvalue weighted by Gasteiger charge is -2.38. The molecule has 14 heteroatoms. The number of nitrogens with one attached hydrogen (secondary N) is 2. The summed E-state index contributed by atoms with van der Waals surface area (Å²) < 4.78 is 11.3. The predicted octanol–water partition coefficient (Wildman–Crippen LogP) is 2.53. The zero-order valence-corrected chi connectivity index (χ0v) is 29.5. The summed E-state index contributed by atoms with van der Waals surface area (Å²) in [6.45, 7) is 8.16. The van der Waals surface area contributed by atoms with E-state index in [0.29, 0.717) is 30.5 Å². The molecule has 5 amide bonds. The molecule has 0 unspecified atom stereocenters. The summed E-state index contributed by atoms with van der Waals surface area (Å²) in [5.74, 6) is -1.43. The fraction of sp³-hybridized carbons (Fsp3) is 0.611. The molecule has 3 aliphatic rings. The zero-order chi connectivity index (χ0) is 36.0. The highest BCUT2D eigenvalue weighted by Gasteiger charge is 2.40. The summed E-state index contributed by atoms with van der Waals surface area (Å²) in [6, 6.07) is 5.18. The fourth-order valence-corrected chi connectivity index (χ4v) is 6.39. The number of carbonyl (C=O) groups excluding carboxylic acids is 5. The molecule has 2 saturated heterocycles. The minimum atomic E-state index is -1.64. The predicted molar refractivity (Wildman–Crippen MR) is 184 cm³/mol. The Morgan fingerprint density at radius 2 is 1.72 bits per heavy atom. The lowest BCUT2D eigenvalue weighted by molar-refractivity contribution is -0.140. The highest BCUT2D eigenvalue weighted by atomic mass is 16.6. The molecule has 1 saturated carbocycles. The first kappa shape index (κ1) is 36.8. The highest BCUT2D eigenvalue weighted by molar-refractivity contribution is 6.00. The number of pyridine rings is 1. The lowest BCUT2D eigenvalue weighted by Crippen LogP contribution is -2.61. The van der Waals surface area contributed by atoms with E-state index in [0.717, 1.165) is 44.1 Å². The van der Waals surface area contributed by atoms with Crippen LogP contribution in [0.15, 0.2) is 24.3 Å². The average Bonchev–Trinajstić information content (AvgIpc) is 3.57. The molecule has 1 aliphatic carbocycles. The van der Waals surface area contributed by atoms with Gasteiger partial charge in [0.2, 0.25) is 11.8 Å². The van der Waals surface area contributed by atoms with Crippen molar-refractivity contribution in [2.75, 3.05) is 45.9 Å². The van der Waals surface area contributed by atoms with Crippen molar-refractivity contribution in [1.29, 1.82) is 0 Å². The number of hydrogen-bond donors (Lipinski definition) is 3. The van der Waals surface area contributed by atoms with Crippen LogP contribution < -0.4 is 15.4 Å². The second-order valence-electron chi connectivity index (χ2n) is 14.0. The van der Waals surface area contributed by atoms with Crippen molar-refractivity contribution in [1.82, 2.24) is 30.3 Å².